The van der Waals surface area contributed by atoms with E-state index in [0.29, 0.717) is 0 Å². The third-order valence-electron chi connectivity index (χ3n) is 4.17. The molecular weight excluding hydrogens is 220 g/mol. The molecule has 0 bridgehead atoms. The van der Waals surface area contributed by atoms with Gasteiger partial charge in [-0.05, 0) is 56.3 Å². The Bertz CT molecular complexity index is 453. The maximum absolute atomic E-state index is 9.13. The highest BCUT2D eigenvalue weighted by Gasteiger charge is 2.36. The van der Waals surface area contributed by atoms with Crippen molar-refractivity contribution in [1.82, 2.24) is 5.32 Å². The predicted octanol–water partition coefficient (Wildman–Crippen LogP) is 3.13. The van der Waals surface area contributed by atoms with Gasteiger partial charge in [0.05, 0.1) is 11.5 Å². The summed E-state index contributed by atoms with van der Waals surface area (Å²) in [5.74, 6) is 0. The predicted molar refractivity (Wildman–Crippen MR) is 74.4 cm³/mol. The van der Waals surface area contributed by atoms with Crippen molar-refractivity contribution in [3.05, 3.63) is 34.9 Å². The van der Waals surface area contributed by atoms with Crippen LogP contribution in [0.25, 0.3) is 0 Å². The highest BCUT2D eigenvalue weighted by Crippen LogP contribution is 2.39. The van der Waals surface area contributed by atoms with Gasteiger partial charge < -0.3 is 5.32 Å². The molecule has 0 aromatic heterocycles. The van der Waals surface area contributed by atoms with Gasteiger partial charge in [0.25, 0.3) is 0 Å². The van der Waals surface area contributed by atoms with Crippen LogP contribution in [0.1, 0.15) is 36.0 Å². The number of nitrogens with zero attached hydrogens (tertiary/aromatic N) is 1. The average Bonchev–Trinajstić information content (AvgIpc) is 2.32. The van der Waals surface area contributed by atoms with Crippen molar-refractivity contribution >= 4 is 0 Å². The fourth-order valence-electron chi connectivity index (χ4n) is 2.45. The zero-order valence-electron chi connectivity index (χ0n) is 11.4. The SMILES string of the molecule is Cc1ccc(CCNCC2(C#N)CCC2)cc1C. The smallest absolute Gasteiger partial charge is 0.0703 e. The number of hydrogen-bond acceptors (Lipinski definition) is 2. The van der Waals surface area contributed by atoms with Crippen molar-refractivity contribution in [1.29, 1.82) is 5.26 Å². The van der Waals surface area contributed by atoms with Gasteiger partial charge in [-0.25, -0.2) is 0 Å². The lowest BCUT2D eigenvalue weighted by atomic mass is 9.70. The molecule has 1 saturated carbocycles. The molecule has 1 aliphatic rings. The molecule has 2 heteroatoms. The molecule has 2 rings (SSSR count). The van der Waals surface area contributed by atoms with Crippen LogP contribution in [0.3, 0.4) is 0 Å². The van der Waals surface area contributed by atoms with Crippen molar-refractivity contribution in [2.75, 3.05) is 13.1 Å². The Kier molecular flexibility index (Phi) is 4.04. The lowest BCUT2D eigenvalue weighted by molar-refractivity contribution is 0.208. The lowest BCUT2D eigenvalue weighted by Crippen LogP contribution is -2.39. The van der Waals surface area contributed by atoms with Gasteiger partial charge in [-0.15, -0.1) is 0 Å². The second kappa shape index (κ2) is 5.54. The number of aryl methyl sites for hydroxylation is 2. The first-order valence-corrected chi connectivity index (χ1v) is 6.83. The van der Waals surface area contributed by atoms with Crippen LogP contribution in [0.2, 0.25) is 0 Å². The van der Waals surface area contributed by atoms with E-state index in [1.54, 1.807) is 0 Å². The summed E-state index contributed by atoms with van der Waals surface area (Å²) in [6.45, 7) is 6.12. The molecule has 0 amide bonds. The van der Waals surface area contributed by atoms with Crippen LogP contribution in [-0.4, -0.2) is 13.1 Å². The van der Waals surface area contributed by atoms with Crippen molar-refractivity contribution < 1.29 is 0 Å². The standard InChI is InChI=1S/C16H22N2/c1-13-4-5-15(10-14(13)2)6-9-18-12-16(11-17)7-3-8-16/h4-5,10,18H,3,6-9,12H2,1-2H3. The van der Waals surface area contributed by atoms with Gasteiger partial charge in [0.2, 0.25) is 0 Å². The van der Waals surface area contributed by atoms with Gasteiger partial charge in [0.15, 0.2) is 0 Å². The highest BCUT2D eigenvalue weighted by atomic mass is 14.9. The van der Waals surface area contributed by atoms with E-state index < -0.39 is 0 Å². The average molecular weight is 242 g/mol. The van der Waals surface area contributed by atoms with Crippen LogP contribution in [0, 0.1) is 30.6 Å². The van der Waals surface area contributed by atoms with Crippen LogP contribution in [0.15, 0.2) is 18.2 Å². The monoisotopic (exact) mass is 242 g/mol. The Morgan fingerprint density at radius 2 is 2.06 bits per heavy atom. The topological polar surface area (TPSA) is 35.8 Å². The molecule has 0 aliphatic heterocycles. The lowest BCUT2D eigenvalue weighted by Gasteiger charge is -2.35. The molecule has 96 valence electrons. The summed E-state index contributed by atoms with van der Waals surface area (Å²) >= 11 is 0. The first-order valence-electron chi connectivity index (χ1n) is 6.83. The number of nitriles is 1. The molecule has 0 unspecified atom stereocenters. The highest BCUT2D eigenvalue weighted by molar-refractivity contribution is 5.30. The number of hydrogen-bond donors (Lipinski definition) is 1. The molecule has 2 nitrogen and oxygen atoms in total. The Morgan fingerprint density at radius 1 is 1.28 bits per heavy atom. The van der Waals surface area contributed by atoms with Gasteiger partial charge in [-0.3, -0.25) is 0 Å². The van der Waals surface area contributed by atoms with Crippen molar-refractivity contribution in [3.8, 4) is 6.07 Å². The molecule has 1 aromatic rings. The van der Waals surface area contributed by atoms with E-state index in [4.69, 9.17) is 5.26 Å². The molecule has 0 heterocycles. The minimum atomic E-state index is -0.0524. The maximum atomic E-state index is 9.13. The van der Waals surface area contributed by atoms with Crippen LogP contribution in [-0.2, 0) is 6.42 Å². The van der Waals surface area contributed by atoms with E-state index in [0.717, 1.165) is 32.4 Å². The minimum absolute atomic E-state index is 0.0524. The zero-order chi connectivity index (χ0) is 13.0. The molecule has 1 fully saturated rings. The largest absolute Gasteiger partial charge is 0.315 e. The van der Waals surface area contributed by atoms with Crippen LogP contribution < -0.4 is 5.32 Å². The molecule has 0 saturated heterocycles. The molecular formula is C16H22N2. The van der Waals surface area contributed by atoms with E-state index in [9.17, 15) is 0 Å². The van der Waals surface area contributed by atoms with E-state index in [1.165, 1.54) is 23.1 Å². The second-order valence-electron chi connectivity index (χ2n) is 5.59. The van der Waals surface area contributed by atoms with Crippen LogP contribution >= 0.6 is 0 Å². The molecule has 1 aromatic carbocycles. The summed E-state index contributed by atoms with van der Waals surface area (Å²) in [5, 5.41) is 12.6. The Hall–Kier alpha value is -1.33. The minimum Gasteiger partial charge on any atom is -0.315 e. The fourth-order valence-corrected chi connectivity index (χ4v) is 2.45. The maximum Gasteiger partial charge on any atom is 0.0703 e. The number of nitrogens with one attached hydrogen (secondary N) is 1. The quantitative estimate of drug-likeness (QED) is 0.805. The zero-order valence-corrected chi connectivity index (χ0v) is 11.4. The third kappa shape index (κ3) is 2.91. The molecule has 1 aliphatic carbocycles. The van der Waals surface area contributed by atoms with Crippen molar-refractivity contribution in [3.63, 3.8) is 0 Å². The molecule has 0 spiro atoms. The van der Waals surface area contributed by atoms with Gasteiger partial charge in [0.1, 0.15) is 0 Å². The van der Waals surface area contributed by atoms with Crippen LogP contribution in [0.4, 0.5) is 0 Å². The normalized spacial score (nSPS) is 16.9. The first-order chi connectivity index (χ1) is 8.65. The molecule has 0 radical (unpaired) electrons. The summed E-state index contributed by atoms with van der Waals surface area (Å²) in [6.07, 6.45) is 4.40. The summed E-state index contributed by atoms with van der Waals surface area (Å²) in [7, 11) is 0. The van der Waals surface area contributed by atoms with Gasteiger partial charge in [-0.1, -0.05) is 24.6 Å². The van der Waals surface area contributed by atoms with Gasteiger partial charge >= 0.3 is 0 Å². The second-order valence-corrected chi connectivity index (χ2v) is 5.59. The van der Waals surface area contributed by atoms with Crippen molar-refractivity contribution in [2.24, 2.45) is 5.41 Å². The van der Waals surface area contributed by atoms with Gasteiger partial charge in [0, 0.05) is 6.54 Å². The number of benzene rings is 1. The van der Waals surface area contributed by atoms with E-state index >= 15 is 0 Å². The molecule has 0 atom stereocenters. The van der Waals surface area contributed by atoms with E-state index in [2.05, 4.69) is 43.4 Å². The number of rotatable bonds is 5. The molecule has 18 heavy (non-hydrogen) atoms. The summed E-state index contributed by atoms with van der Waals surface area (Å²) in [5.41, 5.74) is 4.04. The Balaban J connectivity index is 1.75. The summed E-state index contributed by atoms with van der Waals surface area (Å²) < 4.78 is 0. The molecule has 1 N–H and O–H groups in total. The van der Waals surface area contributed by atoms with Gasteiger partial charge in [-0.2, -0.15) is 5.26 Å². The Morgan fingerprint density at radius 3 is 2.61 bits per heavy atom. The summed E-state index contributed by atoms with van der Waals surface area (Å²) in [6, 6.07) is 9.12. The summed E-state index contributed by atoms with van der Waals surface area (Å²) in [4.78, 5) is 0. The van der Waals surface area contributed by atoms with Crippen LogP contribution in [0.5, 0.6) is 0 Å². The Labute approximate surface area is 110 Å². The third-order valence-corrected chi connectivity index (χ3v) is 4.17. The first kappa shape index (κ1) is 13.1. The van der Waals surface area contributed by atoms with E-state index in [-0.39, 0.29) is 5.41 Å². The van der Waals surface area contributed by atoms with E-state index in [1.807, 2.05) is 0 Å². The van der Waals surface area contributed by atoms with Crippen molar-refractivity contribution in [2.45, 2.75) is 39.5 Å². The fraction of sp³-hybridized carbons (Fsp3) is 0.562.